The molecular weight excluding hydrogens is 332 g/mol. The van der Waals surface area contributed by atoms with E-state index in [-0.39, 0.29) is 5.78 Å². The minimum absolute atomic E-state index is 0.0330. The number of amides is 1. The standard InChI is InChI=1S/C20H28N2O4/c1-5-14-8-6-7-9-15(14)18(24)16-10-11-17(23)22(16)13-12-21-19(25)26-20(2,3)4/h5-9,16-17,23H,1,10-13H2,2-4H3,(H,21,25). The van der Waals surface area contributed by atoms with E-state index in [9.17, 15) is 14.7 Å². The number of hydrogen-bond donors (Lipinski definition) is 2. The summed E-state index contributed by atoms with van der Waals surface area (Å²) in [6, 6.07) is 6.90. The van der Waals surface area contributed by atoms with Crippen LogP contribution in [0.4, 0.5) is 4.79 Å². The molecule has 142 valence electrons. The molecule has 0 aromatic heterocycles. The Morgan fingerprint density at radius 3 is 2.69 bits per heavy atom. The Balaban J connectivity index is 2.00. The molecule has 1 amide bonds. The van der Waals surface area contributed by atoms with Gasteiger partial charge in [-0.05, 0) is 39.2 Å². The zero-order valence-corrected chi connectivity index (χ0v) is 15.7. The molecule has 1 aromatic carbocycles. The van der Waals surface area contributed by atoms with Crippen molar-refractivity contribution in [2.24, 2.45) is 0 Å². The average Bonchev–Trinajstić information content (AvgIpc) is 2.93. The van der Waals surface area contributed by atoms with Crippen LogP contribution in [0, 0.1) is 0 Å². The van der Waals surface area contributed by atoms with Crippen molar-refractivity contribution in [3.8, 4) is 0 Å². The molecule has 2 unspecified atom stereocenters. The lowest BCUT2D eigenvalue weighted by Gasteiger charge is -2.27. The number of ketones is 1. The van der Waals surface area contributed by atoms with Gasteiger partial charge in [-0.2, -0.15) is 0 Å². The minimum Gasteiger partial charge on any atom is -0.444 e. The van der Waals surface area contributed by atoms with Crippen LogP contribution in [0.1, 0.15) is 49.5 Å². The Morgan fingerprint density at radius 2 is 2.04 bits per heavy atom. The SMILES string of the molecule is C=Cc1ccccc1C(=O)C1CCC(O)N1CCNC(=O)OC(C)(C)C. The first-order valence-corrected chi connectivity index (χ1v) is 8.89. The van der Waals surface area contributed by atoms with E-state index >= 15 is 0 Å². The molecule has 1 fully saturated rings. The molecule has 1 saturated heterocycles. The van der Waals surface area contributed by atoms with Gasteiger partial charge < -0.3 is 15.2 Å². The highest BCUT2D eigenvalue weighted by Gasteiger charge is 2.37. The summed E-state index contributed by atoms with van der Waals surface area (Å²) in [4.78, 5) is 26.4. The Labute approximate surface area is 154 Å². The maximum Gasteiger partial charge on any atom is 0.407 e. The summed E-state index contributed by atoms with van der Waals surface area (Å²) in [5.74, 6) is -0.0330. The Hall–Kier alpha value is -2.18. The molecule has 0 bridgehead atoms. The van der Waals surface area contributed by atoms with Crippen molar-refractivity contribution in [1.82, 2.24) is 10.2 Å². The van der Waals surface area contributed by atoms with Crippen molar-refractivity contribution < 1.29 is 19.4 Å². The third kappa shape index (κ3) is 5.16. The van der Waals surface area contributed by atoms with Crippen LogP contribution >= 0.6 is 0 Å². The quantitative estimate of drug-likeness (QED) is 0.763. The number of aliphatic hydroxyl groups excluding tert-OH is 1. The van der Waals surface area contributed by atoms with Gasteiger partial charge in [-0.15, -0.1) is 0 Å². The molecule has 1 heterocycles. The lowest BCUT2D eigenvalue weighted by molar-refractivity contribution is 0.0168. The summed E-state index contributed by atoms with van der Waals surface area (Å²) < 4.78 is 5.19. The third-order valence-electron chi connectivity index (χ3n) is 4.27. The fraction of sp³-hybridized carbons (Fsp3) is 0.500. The number of ether oxygens (including phenoxy) is 1. The minimum atomic E-state index is -0.694. The summed E-state index contributed by atoms with van der Waals surface area (Å²) in [6.45, 7) is 9.80. The molecule has 2 atom stereocenters. The van der Waals surface area contributed by atoms with Crippen molar-refractivity contribution in [2.45, 2.75) is 51.5 Å². The lowest BCUT2D eigenvalue weighted by Crippen LogP contribution is -2.45. The van der Waals surface area contributed by atoms with Crippen molar-refractivity contribution in [2.75, 3.05) is 13.1 Å². The van der Waals surface area contributed by atoms with Gasteiger partial charge in [0.15, 0.2) is 5.78 Å². The number of nitrogens with one attached hydrogen (secondary N) is 1. The predicted octanol–water partition coefficient (Wildman–Crippen LogP) is 2.82. The number of likely N-dealkylation sites (tertiary alicyclic amines) is 1. The average molecular weight is 360 g/mol. The highest BCUT2D eigenvalue weighted by Crippen LogP contribution is 2.26. The third-order valence-corrected chi connectivity index (χ3v) is 4.27. The van der Waals surface area contributed by atoms with Gasteiger partial charge in [0, 0.05) is 18.7 Å². The number of hydrogen-bond acceptors (Lipinski definition) is 5. The zero-order chi connectivity index (χ0) is 19.3. The normalized spacial score (nSPS) is 20.6. The van der Waals surface area contributed by atoms with Crippen LogP contribution in [0.2, 0.25) is 0 Å². The molecule has 0 aliphatic carbocycles. The molecule has 6 nitrogen and oxygen atoms in total. The largest absolute Gasteiger partial charge is 0.444 e. The van der Waals surface area contributed by atoms with Crippen molar-refractivity contribution in [3.05, 3.63) is 42.0 Å². The van der Waals surface area contributed by atoms with E-state index in [1.54, 1.807) is 37.8 Å². The second-order valence-corrected chi connectivity index (χ2v) is 7.40. The number of carbonyl (C=O) groups excluding carboxylic acids is 2. The molecule has 2 N–H and O–H groups in total. The summed E-state index contributed by atoms with van der Waals surface area (Å²) in [7, 11) is 0. The number of nitrogens with zero attached hydrogens (tertiary/aromatic N) is 1. The predicted molar refractivity (Wildman–Crippen MR) is 101 cm³/mol. The summed E-state index contributed by atoms with van der Waals surface area (Å²) in [5, 5.41) is 12.9. The van der Waals surface area contributed by atoms with E-state index in [4.69, 9.17) is 4.74 Å². The number of benzene rings is 1. The van der Waals surface area contributed by atoms with Crippen molar-refractivity contribution in [3.63, 3.8) is 0 Å². The number of rotatable bonds is 6. The molecule has 0 saturated carbocycles. The maximum absolute atomic E-state index is 13.0. The first-order valence-electron chi connectivity index (χ1n) is 8.89. The van der Waals surface area contributed by atoms with E-state index in [0.717, 1.165) is 5.56 Å². The second-order valence-electron chi connectivity index (χ2n) is 7.40. The molecule has 1 aromatic rings. The number of aliphatic hydroxyl groups is 1. The molecule has 1 aliphatic rings. The van der Waals surface area contributed by atoms with Crippen LogP contribution in [0.5, 0.6) is 0 Å². The molecule has 1 aliphatic heterocycles. The lowest BCUT2D eigenvalue weighted by atomic mass is 9.97. The molecule has 6 heteroatoms. The van der Waals surface area contributed by atoms with Crippen LogP contribution in [-0.2, 0) is 4.74 Å². The molecule has 0 spiro atoms. The van der Waals surface area contributed by atoms with Gasteiger partial charge in [-0.1, -0.05) is 36.9 Å². The Kier molecular flexibility index (Phi) is 6.56. The Morgan fingerprint density at radius 1 is 1.35 bits per heavy atom. The van der Waals surface area contributed by atoms with Gasteiger partial charge in [0.05, 0.1) is 6.04 Å². The zero-order valence-electron chi connectivity index (χ0n) is 15.7. The van der Waals surface area contributed by atoms with Gasteiger partial charge >= 0.3 is 6.09 Å². The van der Waals surface area contributed by atoms with Crippen LogP contribution < -0.4 is 5.32 Å². The molecule has 26 heavy (non-hydrogen) atoms. The summed E-state index contributed by atoms with van der Waals surface area (Å²) in [5.41, 5.74) is 0.821. The highest BCUT2D eigenvalue weighted by atomic mass is 16.6. The number of carbonyl (C=O) groups is 2. The van der Waals surface area contributed by atoms with Crippen LogP contribution in [0.25, 0.3) is 6.08 Å². The first-order chi connectivity index (χ1) is 12.2. The second kappa shape index (κ2) is 8.47. The van der Waals surface area contributed by atoms with Crippen molar-refractivity contribution in [1.29, 1.82) is 0 Å². The Bertz CT molecular complexity index is 666. The van der Waals surface area contributed by atoms with Gasteiger partial charge in [0.25, 0.3) is 0 Å². The van der Waals surface area contributed by atoms with E-state index < -0.39 is 24.0 Å². The first kappa shape index (κ1) is 20.1. The van der Waals surface area contributed by atoms with Crippen molar-refractivity contribution >= 4 is 18.0 Å². The van der Waals surface area contributed by atoms with Gasteiger partial charge in [0.1, 0.15) is 11.8 Å². The maximum atomic E-state index is 13.0. The fourth-order valence-electron chi connectivity index (χ4n) is 3.11. The fourth-order valence-corrected chi connectivity index (χ4v) is 3.11. The van der Waals surface area contributed by atoms with Crippen LogP contribution in [0.3, 0.4) is 0 Å². The number of Topliss-reactive ketones (excluding diaryl/α,β-unsaturated/α-hetero) is 1. The van der Waals surface area contributed by atoms with Gasteiger partial charge in [0.2, 0.25) is 0 Å². The topological polar surface area (TPSA) is 78.9 Å². The summed E-state index contributed by atoms with van der Waals surface area (Å²) in [6.07, 6.45) is 1.57. The van der Waals surface area contributed by atoms with E-state index in [1.165, 1.54) is 0 Å². The monoisotopic (exact) mass is 360 g/mol. The summed E-state index contributed by atoms with van der Waals surface area (Å²) >= 11 is 0. The van der Waals surface area contributed by atoms with Crippen LogP contribution in [-0.4, -0.2) is 52.8 Å². The highest BCUT2D eigenvalue weighted by molar-refractivity contribution is 6.03. The van der Waals surface area contributed by atoms with Gasteiger partial charge in [-0.25, -0.2) is 4.79 Å². The van der Waals surface area contributed by atoms with E-state index in [1.807, 2.05) is 18.2 Å². The molecule has 0 radical (unpaired) electrons. The van der Waals surface area contributed by atoms with E-state index in [2.05, 4.69) is 11.9 Å². The van der Waals surface area contributed by atoms with Crippen LogP contribution in [0.15, 0.2) is 30.8 Å². The van der Waals surface area contributed by atoms with E-state index in [0.29, 0.717) is 31.5 Å². The molecule has 2 rings (SSSR count). The smallest absolute Gasteiger partial charge is 0.407 e. The number of alkyl carbamates (subject to hydrolysis) is 1. The van der Waals surface area contributed by atoms with Gasteiger partial charge in [-0.3, -0.25) is 9.69 Å². The molecular formula is C20H28N2O4.